The van der Waals surface area contributed by atoms with Gasteiger partial charge in [-0.05, 0) is 68.2 Å². The highest BCUT2D eigenvalue weighted by Gasteiger charge is 2.36. The zero-order valence-electron chi connectivity index (χ0n) is 16.2. The molecular formula is C21H28FN3O. The molecule has 0 unspecified atom stereocenters. The van der Waals surface area contributed by atoms with Gasteiger partial charge in [-0.25, -0.2) is 4.39 Å². The van der Waals surface area contributed by atoms with Crippen LogP contribution < -0.4 is 0 Å². The fourth-order valence-electron chi connectivity index (χ4n) is 4.58. The molecule has 4 rings (SSSR count). The van der Waals surface area contributed by atoms with Crippen LogP contribution in [0.3, 0.4) is 0 Å². The summed E-state index contributed by atoms with van der Waals surface area (Å²) in [5.41, 5.74) is 2.10. The lowest BCUT2D eigenvalue weighted by Crippen LogP contribution is -2.32. The lowest BCUT2D eigenvalue weighted by atomic mass is 9.79. The van der Waals surface area contributed by atoms with Crippen LogP contribution in [0.2, 0.25) is 0 Å². The van der Waals surface area contributed by atoms with Crippen molar-refractivity contribution in [2.24, 2.45) is 5.41 Å². The summed E-state index contributed by atoms with van der Waals surface area (Å²) in [5, 5.41) is 9.16. The molecule has 4 nitrogen and oxygen atoms in total. The Bertz CT molecular complexity index is 819. The van der Waals surface area contributed by atoms with E-state index in [0.29, 0.717) is 5.92 Å². The van der Waals surface area contributed by atoms with Crippen LogP contribution in [0, 0.1) is 11.2 Å². The third kappa shape index (κ3) is 3.07. The van der Waals surface area contributed by atoms with Gasteiger partial charge in [0.1, 0.15) is 17.5 Å². The maximum atomic E-state index is 13.9. The zero-order valence-corrected chi connectivity index (χ0v) is 16.2. The van der Waals surface area contributed by atoms with Crippen molar-refractivity contribution in [1.82, 2.24) is 14.8 Å². The molecule has 1 aromatic carbocycles. The number of rotatable bonds is 2. The molecular weight excluding hydrogens is 329 g/mol. The Balaban J connectivity index is 1.76. The van der Waals surface area contributed by atoms with E-state index in [1.54, 1.807) is 19.2 Å². The number of halogens is 1. The summed E-state index contributed by atoms with van der Waals surface area (Å²) in [6, 6.07) is 5.12. The van der Waals surface area contributed by atoms with Gasteiger partial charge in [-0.2, -0.15) is 0 Å². The van der Waals surface area contributed by atoms with Gasteiger partial charge in [-0.15, -0.1) is 10.2 Å². The smallest absolute Gasteiger partial charge is 0.140 e. The van der Waals surface area contributed by atoms with Crippen LogP contribution in [0.25, 0.3) is 5.69 Å². The van der Waals surface area contributed by atoms with Gasteiger partial charge in [-0.3, -0.25) is 4.57 Å². The number of ether oxygens (including phenoxy) is 1. The van der Waals surface area contributed by atoms with Gasteiger partial charge in [0.05, 0.1) is 11.3 Å². The van der Waals surface area contributed by atoms with Gasteiger partial charge in [0.15, 0.2) is 0 Å². The van der Waals surface area contributed by atoms with Crippen molar-refractivity contribution in [3.63, 3.8) is 0 Å². The first-order chi connectivity index (χ1) is 12.3. The number of benzene rings is 1. The summed E-state index contributed by atoms with van der Waals surface area (Å²) in [5.74, 6) is 2.23. The number of methoxy groups -OCH3 is 1. The molecule has 2 aliphatic rings. The van der Waals surface area contributed by atoms with Crippen molar-refractivity contribution in [1.29, 1.82) is 0 Å². The topological polar surface area (TPSA) is 39.9 Å². The van der Waals surface area contributed by atoms with Crippen molar-refractivity contribution >= 4 is 0 Å². The van der Waals surface area contributed by atoms with E-state index in [9.17, 15) is 4.39 Å². The van der Waals surface area contributed by atoms with E-state index in [4.69, 9.17) is 4.74 Å². The van der Waals surface area contributed by atoms with Crippen molar-refractivity contribution in [3.05, 3.63) is 41.2 Å². The highest BCUT2D eigenvalue weighted by Crippen LogP contribution is 2.41. The molecule has 26 heavy (non-hydrogen) atoms. The average molecular weight is 357 g/mol. The van der Waals surface area contributed by atoms with E-state index in [-0.39, 0.29) is 16.8 Å². The van der Waals surface area contributed by atoms with E-state index in [2.05, 4.69) is 35.5 Å². The number of nitrogens with zero attached hydrogens (tertiary/aromatic N) is 3. The number of aromatic nitrogens is 3. The molecule has 0 radical (unpaired) electrons. The standard InChI is InChI=1S/C21H28FN3O/c1-20(2)12-15-11-16(22)5-6-17(15)25-18(13-20)23-24-19(25)14-7-9-21(3,26-4)10-8-14/h5-6,11,14H,7-10,12-13H2,1-4H3/t14-,21+. The Morgan fingerprint density at radius 2 is 1.85 bits per heavy atom. The monoisotopic (exact) mass is 357 g/mol. The van der Waals surface area contributed by atoms with Gasteiger partial charge in [0.25, 0.3) is 0 Å². The Morgan fingerprint density at radius 3 is 2.54 bits per heavy atom. The van der Waals surface area contributed by atoms with Gasteiger partial charge < -0.3 is 4.74 Å². The highest BCUT2D eigenvalue weighted by molar-refractivity contribution is 5.45. The van der Waals surface area contributed by atoms with E-state index in [1.807, 2.05) is 6.07 Å². The number of fused-ring (bicyclic) bond motifs is 3. The molecule has 2 aromatic rings. The van der Waals surface area contributed by atoms with E-state index in [1.165, 1.54) is 0 Å². The van der Waals surface area contributed by atoms with Crippen LogP contribution in [-0.4, -0.2) is 27.5 Å². The molecule has 1 fully saturated rings. The Hall–Kier alpha value is -1.75. The second-order valence-corrected chi connectivity index (χ2v) is 9.03. The fourth-order valence-corrected chi connectivity index (χ4v) is 4.58. The first kappa shape index (κ1) is 17.7. The molecule has 1 aliphatic carbocycles. The van der Waals surface area contributed by atoms with Crippen molar-refractivity contribution in [2.75, 3.05) is 7.11 Å². The third-order valence-corrected chi connectivity index (χ3v) is 6.24. The first-order valence-corrected chi connectivity index (χ1v) is 9.58. The number of hydrogen-bond donors (Lipinski definition) is 0. The summed E-state index contributed by atoms with van der Waals surface area (Å²) < 4.78 is 21.8. The molecule has 140 valence electrons. The summed E-state index contributed by atoms with van der Waals surface area (Å²) >= 11 is 0. The van der Waals surface area contributed by atoms with Crippen molar-refractivity contribution in [2.45, 2.75) is 70.8 Å². The van der Waals surface area contributed by atoms with Gasteiger partial charge in [0.2, 0.25) is 0 Å². The zero-order chi connectivity index (χ0) is 18.5. The summed E-state index contributed by atoms with van der Waals surface area (Å²) in [6.45, 7) is 6.63. The molecule has 0 saturated heterocycles. The van der Waals surface area contributed by atoms with Gasteiger partial charge in [0, 0.05) is 19.4 Å². The Morgan fingerprint density at radius 1 is 1.12 bits per heavy atom. The summed E-state index contributed by atoms with van der Waals surface area (Å²) in [6.07, 6.45) is 5.83. The Kier molecular flexibility index (Phi) is 4.18. The maximum absolute atomic E-state index is 13.9. The normalized spacial score (nSPS) is 27.5. The van der Waals surface area contributed by atoms with Crippen molar-refractivity contribution < 1.29 is 9.13 Å². The molecule has 0 N–H and O–H groups in total. The van der Waals surface area contributed by atoms with Crippen LogP contribution in [0.5, 0.6) is 0 Å². The molecule has 1 aromatic heterocycles. The van der Waals surface area contributed by atoms with Crippen LogP contribution in [-0.2, 0) is 17.6 Å². The maximum Gasteiger partial charge on any atom is 0.140 e. The summed E-state index contributed by atoms with van der Waals surface area (Å²) in [7, 11) is 1.80. The van der Waals surface area contributed by atoms with Crippen molar-refractivity contribution in [3.8, 4) is 5.69 Å². The second-order valence-electron chi connectivity index (χ2n) is 9.03. The van der Waals surface area contributed by atoms with Gasteiger partial charge in [-0.1, -0.05) is 13.8 Å². The van der Waals surface area contributed by atoms with E-state index < -0.39 is 0 Å². The summed E-state index contributed by atoms with van der Waals surface area (Å²) in [4.78, 5) is 0. The molecule has 0 bridgehead atoms. The Labute approximate surface area is 154 Å². The van der Waals surface area contributed by atoms with Crippen LogP contribution in [0.4, 0.5) is 4.39 Å². The third-order valence-electron chi connectivity index (χ3n) is 6.24. The minimum Gasteiger partial charge on any atom is -0.379 e. The number of hydrogen-bond acceptors (Lipinski definition) is 3. The lowest BCUT2D eigenvalue weighted by Gasteiger charge is -2.35. The van der Waals surface area contributed by atoms with Crippen LogP contribution in [0.1, 0.15) is 69.6 Å². The SMILES string of the molecule is CO[C@]1(C)CC[C@H](c2nnc3n2-c2ccc(F)cc2CC(C)(C)C3)CC1. The first-order valence-electron chi connectivity index (χ1n) is 9.58. The largest absolute Gasteiger partial charge is 0.379 e. The van der Waals surface area contributed by atoms with E-state index >= 15 is 0 Å². The molecule has 0 atom stereocenters. The molecule has 1 saturated carbocycles. The second kappa shape index (κ2) is 6.15. The molecule has 0 spiro atoms. The lowest BCUT2D eigenvalue weighted by molar-refractivity contribution is -0.0277. The predicted molar refractivity (Wildman–Crippen MR) is 99.1 cm³/mol. The molecule has 5 heteroatoms. The van der Waals surface area contributed by atoms with Crippen LogP contribution in [0.15, 0.2) is 18.2 Å². The molecule has 1 aliphatic heterocycles. The average Bonchev–Trinajstić information content (AvgIpc) is 2.93. The van der Waals surface area contributed by atoms with Gasteiger partial charge >= 0.3 is 0 Å². The minimum atomic E-state index is -0.175. The van der Waals surface area contributed by atoms with E-state index in [0.717, 1.165) is 61.4 Å². The molecule has 0 amide bonds. The predicted octanol–water partition coefficient (Wildman–Crippen LogP) is 4.59. The van der Waals surface area contributed by atoms with Crippen LogP contribution >= 0.6 is 0 Å². The fraction of sp³-hybridized carbons (Fsp3) is 0.619. The minimum absolute atomic E-state index is 0.0266. The highest BCUT2D eigenvalue weighted by atomic mass is 19.1. The molecule has 2 heterocycles. The quantitative estimate of drug-likeness (QED) is 0.789.